The minimum absolute atomic E-state index is 0.00143. The standard InChI is InChI=1S/C26H26ClN3O2S/c1-29(2)15-16-30(26-28-24-22(32-3)14-13-21(27)25(24)33-26)23(31)17-18-9-11-20(12-10-18)19-7-5-4-6-8-19/h4-14H,15-17H2,1-3H3. The Morgan fingerprint density at radius 1 is 0.970 bits per heavy atom. The van der Waals surface area contributed by atoms with Crippen molar-refractivity contribution in [3.63, 3.8) is 0 Å². The summed E-state index contributed by atoms with van der Waals surface area (Å²) in [6.45, 7) is 1.26. The predicted molar refractivity (Wildman–Crippen MR) is 138 cm³/mol. The van der Waals surface area contributed by atoms with Gasteiger partial charge in [-0.05, 0) is 42.9 Å². The molecule has 4 rings (SSSR count). The molecule has 0 aliphatic rings. The number of rotatable bonds is 8. The molecule has 0 bridgehead atoms. The quantitative estimate of drug-likeness (QED) is 0.322. The number of ether oxygens (including phenoxy) is 1. The lowest BCUT2D eigenvalue weighted by molar-refractivity contribution is -0.118. The van der Waals surface area contributed by atoms with E-state index in [0.717, 1.165) is 27.9 Å². The zero-order valence-electron chi connectivity index (χ0n) is 18.9. The molecule has 0 aliphatic heterocycles. The maximum absolute atomic E-state index is 13.4. The number of hydrogen-bond donors (Lipinski definition) is 0. The van der Waals surface area contributed by atoms with E-state index in [2.05, 4.69) is 29.2 Å². The minimum Gasteiger partial charge on any atom is -0.494 e. The first kappa shape index (κ1) is 23.2. The number of hydrogen-bond acceptors (Lipinski definition) is 5. The third-order valence-corrected chi connectivity index (χ3v) is 6.92. The second-order valence-corrected chi connectivity index (χ2v) is 9.40. The van der Waals surface area contributed by atoms with Gasteiger partial charge in [-0.2, -0.15) is 0 Å². The van der Waals surface area contributed by atoms with Crippen LogP contribution >= 0.6 is 22.9 Å². The smallest absolute Gasteiger partial charge is 0.233 e. The molecule has 1 heterocycles. The van der Waals surface area contributed by atoms with E-state index in [0.29, 0.717) is 34.4 Å². The third-order valence-electron chi connectivity index (χ3n) is 5.39. The van der Waals surface area contributed by atoms with Crippen LogP contribution in [0.5, 0.6) is 5.75 Å². The summed E-state index contributed by atoms with van der Waals surface area (Å²) >= 11 is 7.82. The van der Waals surface area contributed by atoms with Gasteiger partial charge in [-0.15, -0.1) is 0 Å². The van der Waals surface area contributed by atoms with E-state index >= 15 is 0 Å². The van der Waals surface area contributed by atoms with Crippen LogP contribution in [-0.4, -0.2) is 50.1 Å². The molecule has 5 nitrogen and oxygen atoms in total. The van der Waals surface area contributed by atoms with Crippen LogP contribution in [0.25, 0.3) is 21.3 Å². The van der Waals surface area contributed by atoms with Crippen LogP contribution in [0.4, 0.5) is 5.13 Å². The summed E-state index contributed by atoms with van der Waals surface area (Å²) in [6.07, 6.45) is 0.295. The number of carbonyl (C=O) groups is 1. The molecule has 0 unspecified atom stereocenters. The summed E-state index contributed by atoms with van der Waals surface area (Å²) < 4.78 is 6.27. The Kier molecular flexibility index (Phi) is 7.28. The Balaban J connectivity index is 1.60. The highest BCUT2D eigenvalue weighted by Crippen LogP contribution is 2.38. The van der Waals surface area contributed by atoms with Gasteiger partial charge < -0.3 is 9.64 Å². The lowest BCUT2D eigenvalue weighted by Gasteiger charge is -2.22. The van der Waals surface area contributed by atoms with Crippen LogP contribution in [0.3, 0.4) is 0 Å². The van der Waals surface area contributed by atoms with E-state index in [1.54, 1.807) is 24.1 Å². The minimum atomic E-state index is -0.00143. The highest BCUT2D eigenvalue weighted by Gasteiger charge is 2.22. The highest BCUT2D eigenvalue weighted by molar-refractivity contribution is 7.23. The van der Waals surface area contributed by atoms with Gasteiger partial charge in [0.05, 0.1) is 23.3 Å². The van der Waals surface area contributed by atoms with E-state index in [4.69, 9.17) is 21.3 Å². The number of halogens is 1. The number of methoxy groups -OCH3 is 1. The van der Waals surface area contributed by atoms with Crippen molar-refractivity contribution in [3.05, 3.63) is 77.3 Å². The van der Waals surface area contributed by atoms with Gasteiger partial charge in [0.2, 0.25) is 5.91 Å². The SMILES string of the molecule is COc1ccc(Cl)c2sc(N(CCN(C)C)C(=O)Cc3ccc(-c4ccccc4)cc3)nc12. The zero-order valence-corrected chi connectivity index (χ0v) is 20.5. The fourth-order valence-corrected chi connectivity index (χ4v) is 4.86. The van der Waals surface area contributed by atoms with Gasteiger partial charge in [0, 0.05) is 13.1 Å². The number of nitrogens with zero attached hydrogens (tertiary/aromatic N) is 3. The summed E-state index contributed by atoms with van der Waals surface area (Å²) in [5.41, 5.74) is 3.93. The van der Waals surface area contributed by atoms with Crippen molar-refractivity contribution in [1.29, 1.82) is 0 Å². The fourth-order valence-electron chi connectivity index (χ4n) is 3.56. The monoisotopic (exact) mass is 479 g/mol. The topological polar surface area (TPSA) is 45.7 Å². The van der Waals surface area contributed by atoms with Crippen LogP contribution < -0.4 is 9.64 Å². The molecule has 0 fully saturated rings. The number of anilines is 1. The number of carbonyl (C=O) groups excluding carboxylic acids is 1. The second-order valence-electron chi connectivity index (χ2n) is 8.01. The first-order chi connectivity index (χ1) is 16.0. The number of likely N-dealkylation sites (N-methyl/N-ethyl adjacent to an activating group) is 1. The van der Waals surface area contributed by atoms with Crippen molar-refractivity contribution < 1.29 is 9.53 Å². The van der Waals surface area contributed by atoms with Crippen molar-refractivity contribution in [2.24, 2.45) is 0 Å². The van der Waals surface area contributed by atoms with Crippen LogP contribution in [0.2, 0.25) is 5.02 Å². The maximum atomic E-state index is 13.4. The molecule has 33 heavy (non-hydrogen) atoms. The number of amides is 1. The lowest BCUT2D eigenvalue weighted by Crippen LogP contribution is -2.37. The molecular formula is C26H26ClN3O2S. The van der Waals surface area contributed by atoms with E-state index in [1.165, 1.54) is 11.3 Å². The van der Waals surface area contributed by atoms with Crippen LogP contribution in [0, 0.1) is 0 Å². The molecule has 1 amide bonds. The Morgan fingerprint density at radius 2 is 1.67 bits per heavy atom. The first-order valence-electron chi connectivity index (χ1n) is 10.7. The van der Waals surface area contributed by atoms with Gasteiger partial charge in [0.25, 0.3) is 0 Å². The Hall–Kier alpha value is -2.93. The van der Waals surface area contributed by atoms with E-state index in [9.17, 15) is 4.79 Å². The molecule has 4 aromatic rings. The van der Waals surface area contributed by atoms with Gasteiger partial charge in [-0.25, -0.2) is 4.98 Å². The van der Waals surface area contributed by atoms with Gasteiger partial charge in [-0.1, -0.05) is 77.5 Å². The molecule has 1 aromatic heterocycles. The molecule has 0 radical (unpaired) electrons. The van der Waals surface area contributed by atoms with Crippen molar-refractivity contribution in [2.75, 3.05) is 39.2 Å². The predicted octanol–water partition coefficient (Wildman–Crippen LogP) is 5.76. The summed E-state index contributed by atoms with van der Waals surface area (Å²) in [4.78, 5) is 21.9. The average molecular weight is 480 g/mol. The van der Waals surface area contributed by atoms with Gasteiger partial charge in [-0.3, -0.25) is 9.69 Å². The third kappa shape index (κ3) is 5.36. The van der Waals surface area contributed by atoms with E-state index in [1.807, 2.05) is 44.4 Å². The average Bonchev–Trinajstić information content (AvgIpc) is 3.26. The Morgan fingerprint density at radius 3 is 2.33 bits per heavy atom. The first-order valence-corrected chi connectivity index (χ1v) is 11.9. The molecule has 0 saturated heterocycles. The highest BCUT2D eigenvalue weighted by atomic mass is 35.5. The van der Waals surface area contributed by atoms with Crippen LogP contribution in [0.1, 0.15) is 5.56 Å². The number of fused-ring (bicyclic) bond motifs is 1. The van der Waals surface area contributed by atoms with Crippen molar-refractivity contribution in [2.45, 2.75) is 6.42 Å². The fraction of sp³-hybridized carbons (Fsp3) is 0.231. The molecule has 0 aliphatic carbocycles. The molecule has 3 aromatic carbocycles. The van der Waals surface area contributed by atoms with Gasteiger partial charge in [0.1, 0.15) is 11.3 Å². The normalized spacial score (nSPS) is 11.2. The van der Waals surface area contributed by atoms with Crippen molar-refractivity contribution >= 4 is 44.2 Å². The molecule has 0 atom stereocenters. The zero-order chi connectivity index (χ0) is 23.4. The molecule has 0 saturated carbocycles. The number of thiazole rings is 1. The summed E-state index contributed by atoms with van der Waals surface area (Å²) in [6, 6.07) is 22.0. The van der Waals surface area contributed by atoms with Crippen LogP contribution in [-0.2, 0) is 11.2 Å². The van der Waals surface area contributed by atoms with Crippen LogP contribution in [0.15, 0.2) is 66.7 Å². The Bertz CT molecular complexity index is 1240. The number of aromatic nitrogens is 1. The lowest BCUT2D eigenvalue weighted by atomic mass is 10.0. The molecule has 0 spiro atoms. The van der Waals surface area contributed by atoms with E-state index < -0.39 is 0 Å². The molecule has 0 N–H and O–H groups in total. The van der Waals surface area contributed by atoms with E-state index in [-0.39, 0.29) is 5.91 Å². The molecular weight excluding hydrogens is 454 g/mol. The Labute approximate surface area is 203 Å². The van der Waals surface area contributed by atoms with Crippen molar-refractivity contribution in [3.8, 4) is 16.9 Å². The molecule has 170 valence electrons. The summed E-state index contributed by atoms with van der Waals surface area (Å²) in [5, 5.41) is 1.23. The summed E-state index contributed by atoms with van der Waals surface area (Å²) in [7, 11) is 5.59. The van der Waals surface area contributed by atoms with Crippen molar-refractivity contribution in [1.82, 2.24) is 9.88 Å². The number of benzene rings is 3. The molecule has 7 heteroatoms. The summed E-state index contributed by atoms with van der Waals surface area (Å²) in [5.74, 6) is 0.645. The maximum Gasteiger partial charge on any atom is 0.233 e. The second kappa shape index (κ2) is 10.3. The largest absolute Gasteiger partial charge is 0.494 e. The van der Waals surface area contributed by atoms with Gasteiger partial charge >= 0.3 is 0 Å². The van der Waals surface area contributed by atoms with Gasteiger partial charge in [0.15, 0.2) is 5.13 Å².